The molecule has 0 saturated heterocycles. The first kappa shape index (κ1) is 22.6. The molecule has 29 heavy (non-hydrogen) atoms. The molecule has 0 aliphatic rings. The predicted molar refractivity (Wildman–Crippen MR) is 114 cm³/mol. The molecule has 8 heteroatoms. The lowest BCUT2D eigenvalue weighted by Crippen LogP contribution is -2.31. The zero-order chi connectivity index (χ0) is 21.6. The topological polar surface area (TPSA) is 104 Å². The molecule has 156 valence electrons. The second-order valence-corrected chi connectivity index (χ2v) is 8.84. The van der Waals surface area contributed by atoms with Gasteiger partial charge in [0.05, 0.1) is 4.90 Å². The summed E-state index contributed by atoms with van der Waals surface area (Å²) >= 11 is 0. The van der Waals surface area contributed by atoms with Gasteiger partial charge in [-0.15, -0.1) is 0 Å². The maximum absolute atomic E-state index is 12.4. The number of sulfonamides is 1. The number of amides is 2. The van der Waals surface area contributed by atoms with Crippen LogP contribution in [-0.4, -0.2) is 26.3 Å². The summed E-state index contributed by atoms with van der Waals surface area (Å²) in [7, 11) is -3.59. The number of benzene rings is 2. The van der Waals surface area contributed by atoms with Gasteiger partial charge in [-0.25, -0.2) is 13.1 Å². The number of carbonyl (C=O) groups excluding carboxylic acids is 2. The lowest BCUT2D eigenvalue weighted by Gasteiger charge is -2.12. The largest absolute Gasteiger partial charge is 0.326 e. The van der Waals surface area contributed by atoms with Crippen LogP contribution in [0.1, 0.15) is 44.5 Å². The Balaban J connectivity index is 2.03. The molecule has 3 N–H and O–H groups in total. The van der Waals surface area contributed by atoms with Gasteiger partial charge in [-0.1, -0.05) is 20.8 Å². The maximum Gasteiger partial charge on any atom is 0.255 e. The fourth-order valence-corrected chi connectivity index (χ4v) is 3.66. The minimum Gasteiger partial charge on any atom is -0.326 e. The van der Waals surface area contributed by atoms with Crippen molar-refractivity contribution in [3.8, 4) is 0 Å². The van der Waals surface area contributed by atoms with E-state index in [4.69, 9.17) is 0 Å². The van der Waals surface area contributed by atoms with E-state index < -0.39 is 10.0 Å². The Hall–Kier alpha value is -2.71. The zero-order valence-corrected chi connectivity index (χ0v) is 17.8. The van der Waals surface area contributed by atoms with Crippen LogP contribution < -0.4 is 15.4 Å². The summed E-state index contributed by atoms with van der Waals surface area (Å²) in [5.74, 6) is -0.565. The first-order valence-corrected chi connectivity index (χ1v) is 11.0. The lowest BCUT2D eigenvalue weighted by atomic mass is 10.1. The molecule has 0 aliphatic heterocycles. The summed E-state index contributed by atoms with van der Waals surface area (Å²) < 4.78 is 27.1. The van der Waals surface area contributed by atoms with E-state index in [-0.39, 0.29) is 28.7 Å². The van der Waals surface area contributed by atoms with E-state index in [1.54, 1.807) is 57.2 Å². The SMILES string of the molecule is CC[C@H](C)NS(=O)(=O)c1ccc(NC(=O)c2ccc(NC(=O)C(C)C)cc2)cc1. The molecular weight excluding hydrogens is 390 g/mol. The van der Waals surface area contributed by atoms with Crippen molar-refractivity contribution < 1.29 is 18.0 Å². The molecule has 0 aromatic heterocycles. The predicted octanol–water partition coefficient (Wildman–Crippen LogP) is 3.61. The van der Waals surface area contributed by atoms with Gasteiger partial charge < -0.3 is 10.6 Å². The van der Waals surface area contributed by atoms with E-state index in [9.17, 15) is 18.0 Å². The quantitative estimate of drug-likeness (QED) is 0.610. The molecule has 0 spiro atoms. The van der Waals surface area contributed by atoms with Crippen molar-refractivity contribution in [3.05, 3.63) is 54.1 Å². The van der Waals surface area contributed by atoms with Crippen molar-refractivity contribution in [1.29, 1.82) is 0 Å². The molecule has 0 radical (unpaired) electrons. The van der Waals surface area contributed by atoms with Crippen LogP contribution in [0.5, 0.6) is 0 Å². The van der Waals surface area contributed by atoms with Gasteiger partial charge in [0.15, 0.2) is 0 Å². The minimum atomic E-state index is -3.59. The molecule has 0 heterocycles. The average Bonchev–Trinajstić information content (AvgIpc) is 2.68. The Bertz CT molecular complexity index is 952. The van der Waals surface area contributed by atoms with Crippen LogP contribution in [0.3, 0.4) is 0 Å². The number of hydrogen-bond acceptors (Lipinski definition) is 4. The summed E-state index contributed by atoms with van der Waals surface area (Å²) in [6, 6.07) is 12.4. The molecule has 0 saturated carbocycles. The van der Waals surface area contributed by atoms with E-state index in [0.717, 1.165) is 0 Å². The lowest BCUT2D eigenvalue weighted by molar-refractivity contribution is -0.118. The van der Waals surface area contributed by atoms with Crippen molar-refractivity contribution in [2.75, 3.05) is 10.6 Å². The third-order valence-corrected chi connectivity index (χ3v) is 5.94. The number of rotatable bonds is 8. The fraction of sp³-hybridized carbons (Fsp3) is 0.333. The molecule has 2 rings (SSSR count). The third kappa shape index (κ3) is 6.40. The van der Waals surface area contributed by atoms with Gasteiger partial charge in [-0.3, -0.25) is 9.59 Å². The monoisotopic (exact) mass is 417 g/mol. The minimum absolute atomic E-state index is 0.0972. The average molecular weight is 418 g/mol. The Morgan fingerprint density at radius 2 is 1.38 bits per heavy atom. The smallest absolute Gasteiger partial charge is 0.255 e. The molecule has 0 bridgehead atoms. The van der Waals surface area contributed by atoms with Crippen LogP contribution in [-0.2, 0) is 14.8 Å². The highest BCUT2D eigenvalue weighted by molar-refractivity contribution is 7.89. The van der Waals surface area contributed by atoms with Crippen molar-refractivity contribution in [2.24, 2.45) is 5.92 Å². The van der Waals surface area contributed by atoms with Gasteiger partial charge in [0.1, 0.15) is 0 Å². The van der Waals surface area contributed by atoms with Crippen LogP contribution in [0.25, 0.3) is 0 Å². The molecule has 7 nitrogen and oxygen atoms in total. The normalized spacial score (nSPS) is 12.4. The first-order valence-electron chi connectivity index (χ1n) is 9.47. The second kappa shape index (κ2) is 9.67. The van der Waals surface area contributed by atoms with Crippen molar-refractivity contribution in [1.82, 2.24) is 4.72 Å². The van der Waals surface area contributed by atoms with Gasteiger partial charge in [0, 0.05) is 28.9 Å². The Kier molecular flexibility index (Phi) is 7.53. The van der Waals surface area contributed by atoms with E-state index in [1.807, 2.05) is 6.92 Å². The molecule has 2 aromatic rings. The summed E-state index contributed by atoms with van der Waals surface area (Å²) in [5, 5.41) is 5.49. The van der Waals surface area contributed by atoms with E-state index in [2.05, 4.69) is 15.4 Å². The number of nitrogens with one attached hydrogen (secondary N) is 3. The molecule has 0 fully saturated rings. The van der Waals surface area contributed by atoms with E-state index in [1.165, 1.54) is 12.1 Å². The van der Waals surface area contributed by atoms with Crippen LogP contribution in [0.2, 0.25) is 0 Å². The second-order valence-electron chi connectivity index (χ2n) is 7.13. The fourth-order valence-electron chi connectivity index (χ4n) is 2.33. The Morgan fingerprint density at radius 3 is 1.90 bits per heavy atom. The summed E-state index contributed by atoms with van der Waals surface area (Å²) in [4.78, 5) is 24.2. The summed E-state index contributed by atoms with van der Waals surface area (Å²) in [6.07, 6.45) is 0.688. The summed E-state index contributed by atoms with van der Waals surface area (Å²) in [6.45, 7) is 7.30. The Labute approximate surface area is 172 Å². The van der Waals surface area contributed by atoms with Crippen LogP contribution in [0.15, 0.2) is 53.4 Å². The maximum atomic E-state index is 12.4. The number of carbonyl (C=O) groups is 2. The van der Waals surface area contributed by atoms with Crippen LogP contribution in [0.4, 0.5) is 11.4 Å². The standard InChI is InChI=1S/C21H27N3O4S/c1-5-15(4)24-29(27,28)19-12-10-18(11-13-19)23-21(26)16-6-8-17(9-7-16)22-20(25)14(2)3/h6-15,24H,5H2,1-4H3,(H,22,25)(H,23,26)/t15-/m0/s1. The van der Waals surface area contributed by atoms with Gasteiger partial charge in [-0.2, -0.15) is 0 Å². The van der Waals surface area contributed by atoms with Crippen molar-refractivity contribution >= 4 is 33.2 Å². The van der Waals surface area contributed by atoms with Crippen LogP contribution >= 0.6 is 0 Å². The van der Waals surface area contributed by atoms with Crippen LogP contribution in [0, 0.1) is 5.92 Å². The van der Waals surface area contributed by atoms with Gasteiger partial charge in [0.25, 0.3) is 5.91 Å². The molecule has 1 atom stereocenters. The summed E-state index contributed by atoms with van der Waals surface area (Å²) in [5.41, 5.74) is 1.51. The molecule has 0 unspecified atom stereocenters. The molecule has 2 aromatic carbocycles. The Morgan fingerprint density at radius 1 is 0.862 bits per heavy atom. The number of hydrogen-bond donors (Lipinski definition) is 3. The first-order chi connectivity index (χ1) is 13.6. The highest BCUT2D eigenvalue weighted by atomic mass is 32.2. The molecule has 0 aliphatic carbocycles. The van der Waals surface area contributed by atoms with E-state index in [0.29, 0.717) is 23.4 Å². The van der Waals surface area contributed by atoms with Gasteiger partial charge in [0.2, 0.25) is 15.9 Å². The molecular formula is C21H27N3O4S. The third-order valence-electron chi connectivity index (χ3n) is 4.33. The highest BCUT2D eigenvalue weighted by Crippen LogP contribution is 2.17. The zero-order valence-electron chi connectivity index (χ0n) is 17.0. The van der Waals surface area contributed by atoms with E-state index >= 15 is 0 Å². The van der Waals surface area contributed by atoms with Crippen molar-refractivity contribution in [3.63, 3.8) is 0 Å². The van der Waals surface area contributed by atoms with Gasteiger partial charge in [-0.05, 0) is 61.9 Å². The molecule has 2 amide bonds. The number of anilines is 2. The highest BCUT2D eigenvalue weighted by Gasteiger charge is 2.16. The van der Waals surface area contributed by atoms with Gasteiger partial charge >= 0.3 is 0 Å². The van der Waals surface area contributed by atoms with Crippen molar-refractivity contribution in [2.45, 2.75) is 45.1 Å².